The van der Waals surface area contributed by atoms with E-state index in [0.29, 0.717) is 12.6 Å². The summed E-state index contributed by atoms with van der Waals surface area (Å²) in [5, 5.41) is 2.11. The Balaban J connectivity index is 1.52. The molecule has 3 heterocycles. The van der Waals surface area contributed by atoms with Crippen molar-refractivity contribution in [3.63, 3.8) is 0 Å². The molecule has 2 unspecified atom stereocenters. The maximum Gasteiger partial charge on any atom is 0.242 e. The topological polar surface area (TPSA) is 23.6 Å². The average Bonchev–Trinajstić information content (AvgIpc) is 3.26. The molecule has 1 aromatic heterocycles. The van der Waals surface area contributed by atoms with Crippen molar-refractivity contribution in [2.45, 2.75) is 38.3 Å². The normalized spacial score (nSPS) is 23.3. The number of rotatable bonds is 3. The molecule has 4 heteroatoms. The summed E-state index contributed by atoms with van der Waals surface area (Å²) < 4.78 is 0. The third-order valence-electron chi connectivity index (χ3n) is 5.10. The summed E-state index contributed by atoms with van der Waals surface area (Å²) in [4.78, 5) is 18.7. The van der Waals surface area contributed by atoms with E-state index in [1.807, 2.05) is 0 Å². The first-order chi connectivity index (χ1) is 11.2. The molecule has 1 saturated heterocycles. The molecule has 1 aromatic carbocycles. The highest BCUT2D eigenvalue weighted by Gasteiger charge is 2.34. The van der Waals surface area contributed by atoms with Gasteiger partial charge in [-0.25, -0.2) is 0 Å². The van der Waals surface area contributed by atoms with Gasteiger partial charge in [-0.15, -0.1) is 11.3 Å². The zero-order valence-corrected chi connectivity index (χ0v) is 14.3. The van der Waals surface area contributed by atoms with Crippen LogP contribution in [0.25, 0.3) is 0 Å². The lowest BCUT2D eigenvalue weighted by Gasteiger charge is -2.29. The van der Waals surface area contributed by atoms with Gasteiger partial charge in [-0.05, 0) is 49.3 Å². The monoisotopic (exact) mass is 326 g/mol. The Morgan fingerprint density at radius 2 is 2.13 bits per heavy atom. The number of amides is 1. The molecule has 0 aliphatic carbocycles. The van der Waals surface area contributed by atoms with Crippen LogP contribution >= 0.6 is 11.3 Å². The lowest BCUT2D eigenvalue weighted by atomic mass is 10.1. The van der Waals surface area contributed by atoms with Crippen LogP contribution < -0.4 is 4.90 Å². The number of nitrogens with zero attached hydrogens (tertiary/aromatic N) is 2. The van der Waals surface area contributed by atoms with E-state index < -0.39 is 0 Å². The molecule has 0 bridgehead atoms. The highest BCUT2D eigenvalue weighted by molar-refractivity contribution is 7.10. The van der Waals surface area contributed by atoms with E-state index in [4.69, 9.17) is 0 Å². The quantitative estimate of drug-likeness (QED) is 0.855. The van der Waals surface area contributed by atoms with Crippen molar-refractivity contribution in [2.75, 3.05) is 18.0 Å². The highest BCUT2D eigenvalue weighted by Crippen LogP contribution is 2.36. The van der Waals surface area contributed by atoms with Crippen LogP contribution in [0.4, 0.5) is 5.69 Å². The summed E-state index contributed by atoms with van der Waals surface area (Å²) in [6, 6.07) is 13.4. The van der Waals surface area contributed by atoms with Crippen LogP contribution in [0.15, 0.2) is 41.8 Å². The summed E-state index contributed by atoms with van der Waals surface area (Å²) in [5.41, 5.74) is 2.60. The number of thiophene rings is 1. The number of carbonyl (C=O) groups is 1. The number of fused-ring (bicyclic) bond motifs is 1. The van der Waals surface area contributed by atoms with Crippen LogP contribution in [0.1, 0.15) is 36.2 Å². The van der Waals surface area contributed by atoms with Gasteiger partial charge in [0.15, 0.2) is 0 Å². The number of carbonyl (C=O) groups excluding carboxylic acids is 1. The average molecular weight is 326 g/mol. The standard InChI is InChI=1S/C19H22N2OS/c1-14-12-15-6-2-3-7-16(15)21(14)13-19(22)20-10-4-8-17(20)18-9-5-11-23-18/h2-3,5-7,9,11,14,17H,4,8,10,12-13H2,1H3. The van der Waals surface area contributed by atoms with Crippen molar-refractivity contribution >= 4 is 22.9 Å². The molecular weight excluding hydrogens is 304 g/mol. The molecule has 3 nitrogen and oxygen atoms in total. The number of benzene rings is 1. The van der Waals surface area contributed by atoms with Crippen LogP contribution in [-0.4, -0.2) is 29.9 Å². The van der Waals surface area contributed by atoms with Crippen LogP contribution in [0.5, 0.6) is 0 Å². The minimum atomic E-state index is 0.268. The summed E-state index contributed by atoms with van der Waals surface area (Å²) in [5.74, 6) is 0.268. The Kier molecular flexibility index (Phi) is 3.85. The van der Waals surface area contributed by atoms with Gasteiger partial charge in [0.25, 0.3) is 0 Å². The van der Waals surface area contributed by atoms with Crippen molar-refractivity contribution in [1.82, 2.24) is 4.90 Å². The maximum atomic E-state index is 13.0. The minimum Gasteiger partial charge on any atom is -0.359 e. The summed E-state index contributed by atoms with van der Waals surface area (Å²) in [7, 11) is 0. The highest BCUT2D eigenvalue weighted by atomic mass is 32.1. The van der Waals surface area contributed by atoms with E-state index in [1.54, 1.807) is 11.3 Å². The van der Waals surface area contributed by atoms with Crippen LogP contribution in [0.2, 0.25) is 0 Å². The molecule has 1 fully saturated rings. The summed E-state index contributed by atoms with van der Waals surface area (Å²) in [6.07, 6.45) is 3.25. The second-order valence-corrected chi connectivity index (χ2v) is 7.55. The Morgan fingerprint density at radius 3 is 2.96 bits per heavy atom. The number of para-hydroxylation sites is 1. The molecule has 2 aromatic rings. The van der Waals surface area contributed by atoms with E-state index >= 15 is 0 Å². The fourth-order valence-corrected chi connectivity index (χ4v) is 4.82. The fourth-order valence-electron chi connectivity index (χ4n) is 3.95. The van der Waals surface area contributed by atoms with Crippen molar-refractivity contribution in [1.29, 1.82) is 0 Å². The van der Waals surface area contributed by atoms with E-state index in [-0.39, 0.29) is 11.9 Å². The maximum absolute atomic E-state index is 13.0. The van der Waals surface area contributed by atoms with E-state index in [0.717, 1.165) is 25.8 Å². The molecule has 2 aliphatic heterocycles. The number of anilines is 1. The lowest BCUT2D eigenvalue weighted by Crippen LogP contribution is -2.42. The summed E-state index contributed by atoms with van der Waals surface area (Å²) in [6.45, 7) is 3.61. The van der Waals surface area contributed by atoms with E-state index in [2.05, 4.69) is 58.5 Å². The minimum absolute atomic E-state index is 0.268. The first kappa shape index (κ1) is 14.8. The molecular formula is C19H22N2OS. The van der Waals surface area contributed by atoms with Gasteiger partial charge >= 0.3 is 0 Å². The van der Waals surface area contributed by atoms with Gasteiger partial charge in [-0.2, -0.15) is 0 Å². The van der Waals surface area contributed by atoms with Gasteiger partial charge in [-0.3, -0.25) is 4.79 Å². The Bertz CT molecular complexity index is 697. The first-order valence-corrected chi connectivity index (χ1v) is 9.29. The third-order valence-corrected chi connectivity index (χ3v) is 6.07. The zero-order valence-electron chi connectivity index (χ0n) is 13.4. The van der Waals surface area contributed by atoms with Gasteiger partial charge in [0.05, 0.1) is 12.6 Å². The molecule has 0 spiro atoms. The van der Waals surface area contributed by atoms with Gasteiger partial charge < -0.3 is 9.80 Å². The fraction of sp³-hybridized carbons (Fsp3) is 0.421. The molecule has 0 saturated carbocycles. The molecule has 2 atom stereocenters. The number of hydrogen-bond acceptors (Lipinski definition) is 3. The SMILES string of the molecule is CC1Cc2ccccc2N1CC(=O)N1CCCC1c1cccs1. The van der Waals surface area contributed by atoms with Gasteiger partial charge in [0.2, 0.25) is 5.91 Å². The largest absolute Gasteiger partial charge is 0.359 e. The Hall–Kier alpha value is -1.81. The molecule has 0 radical (unpaired) electrons. The van der Waals surface area contributed by atoms with Gasteiger partial charge in [-0.1, -0.05) is 24.3 Å². The summed E-state index contributed by atoms with van der Waals surface area (Å²) >= 11 is 1.77. The Morgan fingerprint density at radius 1 is 1.26 bits per heavy atom. The second-order valence-electron chi connectivity index (χ2n) is 6.57. The van der Waals surface area contributed by atoms with Crippen LogP contribution in [-0.2, 0) is 11.2 Å². The molecule has 120 valence electrons. The Labute approximate surface area is 141 Å². The van der Waals surface area contributed by atoms with Crippen molar-refractivity contribution in [3.05, 3.63) is 52.2 Å². The molecule has 1 amide bonds. The van der Waals surface area contributed by atoms with Gasteiger partial charge in [0, 0.05) is 23.2 Å². The molecule has 23 heavy (non-hydrogen) atoms. The molecule has 4 rings (SSSR count). The second kappa shape index (κ2) is 6.00. The van der Waals surface area contributed by atoms with E-state index in [9.17, 15) is 4.79 Å². The number of hydrogen-bond donors (Lipinski definition) is 0. The number of likely N-dealkylation sites (tertiary alicyclic amines) is 1. The van der Waals surface area contributed by atoms with Crippen LogP contribution in [0, 0.1) is 0 Å². The smallest absolute Gasteiger partial charge is 0.242 e. The molecule has 2 aliphatic rings. The lowest BCUT2D eigenvalue weighted by molar-refractivity contribution is -0.130. The van der Waals surface area contributed by atoms with Crippen LogP contribution in [0.3, 0.4) is 0 Å². The van der Waals surface area contributed by atoms with Crippen molar-refractivity contribution < 1.29 is 4.79 Å². The zero-order chi connectivity index (χ0) is 15.8. The predicted octanol–water partition coefficient (Wildman–Crippen LogP) is 3.86. The first-order valence-electron chi connectivity index (χ1n) is 8.41. The van der Waals surface area contributed by atoms with Gasteiger partial charge in [0.1, 0.15) is 0 Å². The van der Waals surface area contributed by atoms with Crippen molar-refractivity contribution in [2.24, 2.45) is 0 Å². The predicted molar refractivity (Wildman–Crippen MR) is 95.0 cm³/mol. The molecule has 0 N–H and O–H groups in total. The van der Waals surface area contributed by atoms with E-state index in [1.165, 1.54) is 16.1 Å². The third kappa shape index (κ3) is 2.65. The van der Waals surface area contributed by atoms with Crippen molar-refractivity contribution in [3.8, 4) is 0 Å².